The van der Waals surface area contributed by atoms with Gasteiger partial charge in [-0.3, -0.25) is 9.59 Å². The minimum Gasteiger partial charge on any atom is -0.368 e. The summed E-state index contributed by atoms with van der Waals surface area (Å²) in [5, 5.41) is 0. The predicted molar refractivity (Wildman–Crippen MR) is 79.7 cm³/mol. The van der Waals surface area contributed by atoms with Crippen LogP contribution in [0.15, 0.2) is 14.3 Å². The minimum atomic E-state index is -0.492. The third-order valence-electron chi connectivity index (χ3n) is 2.27. The Morgan fingerprint density at radius 3 is 2.56 bits per heavy atom. The minimum absolute atomic E-state index is 0.0357. The predicted octanol–water partition coefficient (Wildman–Crippen LogP) is 3.00. The molecule has 18 heavy (non-hydrogen) atoms. The quantitative estimate of drug-likeness (QED) is 0.801. The van der Waals surface area contributed by atoms with Crippen LogP contribution in [0, 0.1) is 0 Å². The summed E-state index contributed by atoms with van der Waals surface area (Å²) in [5.74, 6) is -0.646. The zero-order chi connectivity index (χ0) is 13.7. The van der Waals surface area contributed by atoms with Gasteiger partial charge in [0, 0.05) is 11.0 Å². The first-order chi connectivity index (χ1) is 8.45. The molecule has 1 rings (SSSR count). The van der Waals surface area contributed by atoms with Crippen molar-refractivity contribution < 1.29 is 9.59 Å². The maximum atomic E-state index is 12.2. The molecule has 0 saturated carbocycles. The van der Waals surface area contributed by atoms with Gasteiger partial charge >= 0.3 is 0 Å². The fraction of sp³-hybridized carbons (Fsp3) is 0.455. The highest BCUT2D eigenvalue weighted by Crippen LogP contribution is 2.33. The highest BCUT2D eigenvalue weighted by Gasteiger charge is 2.20. The molecule has 100 valence electrons. The number of carbonyl (C=O) groups excluding carboxylic acids is 2. The first kappa shape index (κ1) is 15.7. The number of hydrogen-bond donors (Lipinski definition) is 1. The molecule has 0 fully saturated rings. The molecule has 0 radical (unpaired) electrons. The molecule has 7 heteroatoms. The van der Waals surface area contributed by atoms with Crippen molar-refractivity contribution in [3.05, 3.63) is 19.2 Å². The molecule has 0 aromatic carbocycles. The highest BCUT2D eigenvalue weighted by atomic mass is 79.9. The molecule has 0 spiro atoms. The second kappa shape index (κ2) is 7.25. The number of primary amides is 1. The smallest absolute Gasteiger partial charge is 0.264 e. The number of nitrogens with two attached hydrogens (primary N) is 1. The zero-order valence-electron chi connectivity index (χ0n) is 9.91. The van der Waals surface area contributed by atoms with Crippen LogP contribution in [0.1, 0.15) is 29.4 Å². The maximum absolute atomic E-state index is 12.2. The first-order valence-electron chi connectivity index (χ1n) is 5.48. The summed E-state index contributed by atoms with van der Waals surface area (Å²) in [6, 6.07) is 1.75. The lowest BCUT2D eigenvalue weighted by atomic mass is 10.3. The van der Waals surface area contributed by atoms with Crippen molar-refractivity contribution in [1.82, 2.24) is 4.90 Å². The topological polar surface area (TPSA) is 63.4 Å². The van der Waals surface area contributed by atoms with Gasteiger partial charge in [-0.25, -0.2) is 0 Å². The summed E-state index contributed by atoms with van der Waals surface area (Å²) in [6.07, 6.45) is 1.81. The van der Waals surface area contributed by atoms with E-state index in [2.05, 4.69) is 31.9 Å². The standard InChI is InChI=1S/C11H14Br2N2O2S/c1-2-3-4-15(6-9(14)16)11(17)8-5-7(12)10(13)18-8/h5H,2-4,6H2,1H3,(H2,14,16). The molecule has 2 amide bonds. The van der Waals surface area contributed by atoms with E-state index in [1.807, 2.05) is 6.92 Å². The Labute approximate surface area is 127 Å². The molecule has 0 atom stereocenters. The Hall–Kier alpha value is -0.400. The van der Waals surface area contributed by atoms with Crippen molar-refractivity contribution in [3.8, 4) is 0 Å². The molecule has 0 saturated heterocycles. The van der Waals surface area contributed by atoms with Crippen LogP contribution in [0.25, 0.3) is 0 Å². The monoisotopic (exact) mass is 396 g/mol. The Balaban J connectivity index is 2.83. The third-order valence-corrected chi connectivity index (χ3v) is 5.52. The molecule has 2 N–H and O–H groups in total. The number of carbonyl (C=O) groups is 2. The van der Waals surface area contributed by atoms with Crippen molar-refractivity contribution in [2.75, 3.05) is 13.1 Å². The van der Waals surface area contributed by atoms with Crippen molar-refractivity contribution in [1.29, 1.82) is 0 Å². The molecule has 0 bridgehead atoms. The van der Waals surface area contributed by atoms with Crippen molar-refractivity contribution in [2.24, 2.45) is 5.73 Å². The lowest BCUT2D eigenvalue weighted by Crippen LogP contribution is -2.38. The van der Waals surface area contributed by atoms with E-state index in [9.17, 15) is 9.59 Å². The van der Waals surface area contributed by atoms with Crippen LogP contribution in [0.3, 0.4) is 0 Å². The summed E-state index contributed by atoms with van der Waals surface area (Å²) < 4.78 is 1.70. The van der Waals surface area contributed by atoms with Crippen LogP contribution in [0.2, 0.25) is 0 Å². The van der Waals surface area contributed by atoms with Gasteiger partial charge in [-0.2, -0.15) is 0 Å². The fourth-order valence-electron chi connectivity index (χ4n) is 1.40. The normalized spacial score (nSPS) is 10.4. The highest BCUT2D eigenvalue weighted by molar-refractivity contribution is 9.13. The largest absolute Gasteiger partial charge is 0.368 e. The van der Waals surface area contributed by atoms with E-state index >= 15 is 0 Å². The van der Waals surface area contributed by atoms with E-state index in [0.29, 0.717) is 11.4 Å². The van der Waals surface area contributed by atoms with Crippen LogP contribution in [0.5, 0.6) is 0 Å². The fourth-order valence-corrected chi connectivity index (χ4v) is 3.40. The number of thiophene rings is 1. The van der Waals surface area contributed by atoms with E-state index in [0.717, 1.165) is 21.1 Å². The van der Waals surface area contributed by atoms with Gasteiger partial charge in [0.25, 0.3) is 5.91 Å². The molecular weight excluding hydrogens is 384 g/mol. The van der Waals surface area contributed by atoms with Crippen LogP contribution in [0.4, 0.5) is 0 Å². The Bertz CT molecular complexity index is 429. The lowest BCUT2D eigenvalue weighted by molar-refractivity contribution is -0.118. The summed E-state index contributed by atoms with van der Waals surface area (Å²) in [6.45, 7) is 2.54. The van der Waals surface area contributed by atoms with Crippen molar-refractivity contribution >= 4 is 55.0 Å². The van der Waals surface area contributed by atoms with E-state index in [1.165, 1.54) is 16.2 Å². The van der Waals surface area contributed by atoms with E-state index in [1.54, 1.807) is 6.07 Å². The zero-order valence-corrected chi connectivity index (χ0v) is 13.9. The molecular formula is C11H14Br2N2O2S. The molecule has 4 nitrogen and oxygen atoms in total. The van der Waals surface area contributed by atoms with Gasteiger partial charge in [0.05, 0.1) is 15.2 Å². The Morgan fingerprint density at radius 2 is 2.11 bits per heavy atom. The summed E-state index contributed by atoms with van der Waals surface area (Å²) in [7, 11) is 0. The first-order valence-corrected chi connectivity index (χ1v) is 7.88. The van der Waals surface area contributed by atoms with Gasteiger partial charge < -0.3 is 10.6 Å². The average Bonchev–Trinajstić information content (AvgIpc) is 2.63. The van der Waals surface area contributed by atoms with Gasteiger partial charge in [-0.15, -0.1) is 11.3 Å². The maximum Gasteiger partial charge on any atom is 0.264 e. The van der Waals surface area contributed by atoms with Gasteiger partial charge in [-0.1, -0.05) is 13.3 Å². The number of nitrogens with zero attached hydrogens (tertiary/aromatic N) is 1. The third kappa shape index (κ3) is 4.37. The van der Waals surface area contributed by atoms with E-state index < -0.39 is 5.91 Å². The van der Waals surface area contributed by atoms with Gasteiger partial charge in [-0.05, 0) is 44.3 Å². The average molecular weight is 398 g/mol. The van der Waals surface area contributed by atoms with Gasteiger partial charge in [0.1, 0.15) is 0 Å². The van der Waals surface area contributed by atoms with Crippen LogP contribution in [-0.2, 0) is 4.79 Å². The number of rotatable bonds is 6. The summed E-state index contributed by atoms with van der Waals surface area (Å²) in [5.41, 5.74) is 5.17. The summed E-state index contributed by atoms with van der Waals surface area (Å²) >= 11 is 8.02. The van der Waals surface area contributed by atoms with E-state index in [4.69, 9.17) is 5.73 Å². The van der Waals surface area contributed by atoms with Gasteiger partial charge in [0.2, 0.25) is 5.91 Å². The molecule has 0 aliphatic carbocycles. The van der Waals surface area contributed by atoms with E-state index in [-0.39, 0.29) is 12.5 Å². The second-order valence-corrected chi connectivity index (χ2v) is 7.00. The number of amides is 2. The summed E-state index contributed by atoms with van der Waals surface area (Å²) in [4.78, 5) is 25.3. The van der Waals surface area contributed by atoms with Gasteiger partial charge in [0.15, 0.2) is 0 Å². The van der Waals surface area contributed by atoms with Crippen molar-refractivity contribution in [3.63, 3.8) is 0 Å². The number of hydrogen-bond acceptors (Lipinski definition) is 3. The molecule has 1 aromatic heterocycles. The Morgan fingerprint density at radius 1 is 1.44 bits per heavy atom. The lowest BCUT2D eigenvalue weighted by Gasteiger charge is -2.19. The van der Waals surface area contributed by atoms with Crippen LogP contribution < -0.4 is 5.73 Å². The number of halogens is 2. The van der Waals surface area contributed by atoms with Crippen molar-refractivity contribution in [2.45, 2.75) is 19.8 Å². The SMILES string of the molecule is CCCCN(CC(N)=O)C(=O)c1cc(Br)c(Br)s1. The molecule has 1 heterocycles. The van der Waals surface area contributed by atoms with Crippen LogP contribution in [-0.4, -0.2) is 29.8 Å². The number of unbranched alkanes of at least 4 members (excludes halogenated alkanes) is 1. The molecule has 0 aliphatic rings. The molecule has 1 aromatic rings. The second-order valence-electron chi connectivity index (χ2n) is 3.78. The Kier molecular flexibility index (Phi) is 6.31. The molecule has 0 aliphatic heterocycles. The molecule has 0 unspecified atom stereocenters. The van der Waals surface area contributed by atoms with Crippen LogP contribution >= 0.6 is 43.2 Å².